The van der Waals surface area contributed by atoms with Crippen LogP contribution in [0.15, 0.2) is 0 Å². The predicted octanol–water partition coefficient (Wildman–Crippen LogP) is 1.76. The van der Waals surface area contributed by atoms with Crippen molar-refractivity contribution in [3.8, 4) is 0 Å². The minimum Gasteiger partial charge on any atom is -0.359 e. The summed E-state index contributed by atoms with van der Waals surface area (Å²) in [5.74, 6) is 0.00463. The van der Waals surface area contributed by atoms with Crippen molar-refractivity contribution in [2.24, 2.45) is 0 Å². The van der Waals surface area contributed by atoms with Crippen LogP contribution in [0.2, 0.25) is 0 Å². The summed E-state index contributed by atoms with van der Waals surface area (Å²) in [7, 11) is 1.60. The van der Waals surface area contributed by atoms with E-state index in [0.717, 1.165) is 12.7 Å². The lowest BCUT2D eigenvalue weighted by Crippen LogP contribution is -2.11. The summed E-state index contributed by atoms with van der Waals surface area (Å²) in [6.07, 6.45) is 2.61. The number of carbonyl (C=O) groups is 2. The highest BCUT2D eigenvalue weighted by Crippen LogP contribution is 1.74. The summed E-state index contributed by atoms with van der Waals surface area (Å²) in [6, 6.07) is 0. The summed E-state index contributed by atoms with van der Waals surface area (Å²) in [4.78, 5) is 19.1. The van der Waals surface area contributed by atoms with Crippen LogP contribution >= 0.6 is 0 Å². The van der Waals surface area contributed by atoms with E-state index < -0.39 is 0 Å². The van der Waals surface area contributed by atoms with Crippen LogP contribution < -0.4 is 5.32 Å². The van der Waals surface area contributed by atoms with Crippen molar-refractivity contribution in [3.05, 3.63) is 0 Å². The largest absolute Gasteiger partial charge is 0.359 e. The summed E-state index contributed by atoms with van der Waals surface area (Å²) < 4.78 is 0. The number of carbonyl (C=O) groups excluding carboxylic acids is 2. The monoisotopic (exact) mass is 175 g/mol. The van der Waals surface area contributed by atoms with E-state index in [1.165, 1.54) is 6.92 Å². The molecule has 3 heteroatoms. The molecule has 0 unspecified atom stereocenters. The molecular formula is C9H21NO2. The van der Waals surface area contributed by atoms with Gasteiger partial charge in [-0.25, -0.2) is 0 Å². The smallest absolute Gasteiger partial charge is 0.216 e. The van der Waals surface area contributed by atoms with Gasteiger partial charge in [-0.1, -0.05) is 20.8 Å². The van der Waals surface area contributed by atoms with Gasteiger partial charge in [0.2, 0.25) is 5.91 Å². The number of amides is 1. The third-order valence-electron chi connectivity index (χ3n) is 0.759. The zero-order valence-electron chi connectivity index (χ0n) is 8.81. The van der Waals surface area contributed by atoms with Gasteiger partial charge in [-0.05, 0) is 6.42 Å². The Morgan fingerprint density at radius 3 is 1.75 bits per heavy atom. The maximum Gasteiger partial charge on any atom is 0.216 e. The molecule has 0 aromatic heterocycles. The molecule has 0 atom stereocenters. The number of rotatable bonds is 2. The highest BCUT2D eigenvalue weighted by atomic mass is 16.1. The Morgan fingerprint density at radius 2 is 1.75 bits per heavy atom. The molecule has 0 spiro atoms. The summed E-state index contributed by atoms with van der Waals surface area (Å²) in [5, 5.41) is 2.39. The van der Waals surface area contributed by atoms with Crippen LogP contribution in [0, 0.1) is 0 Å². The Balaban J connectivity index is -0.000000112. The highest BCUT2D eigenvalue weighted by molar-refractivity contribution is 5.72. The van der Waals surface area contributed by atoms with Gasteiger partial charge >= 0.3 is 0 Å². The van der Waals surface area contributed by atoms with Gasteiger partial charge in [-0.15, -0.1) is 0 Å². The lowest BCUT2D eigenvalue weighted by atomic mass is 10.4. The fourth-order valence-electron chi connectivity index (χ4n) is 0.118. The van der Waals surface area contributed by atoms with Gasteiger partial charge < -0.3 is 10.1 Å². The molecule has 0 rings (SSSR count). The van der Waals surface area contributed by atoms with Crippen molar-refractivity contribution < 1.29 is 9.59 Å². The molecule has 0 aromatic rings. The molecule has 0 saturated heterocycles. The molecular weight excluding hydrogens is 154 g/mol. The molecule has 12 heavy (non-hydrogen) atoms. The van der Waals surface area contributed by atoms with Crippen LogP contribution in [0.1, 0.15) is 40.5 Å². The molecule has 0 saturated carbocycles. The van der Waals surface area contributed by atoms with Crippen molar-refractivity contribution in [3.63, 3.8) is 0 Å². The van der Waals surface area contributed by atoms with Crippen LogP contribution in [-0.4, -0.2) is 19.2 Å². The van der Waals surface area contributed by atoms with Crippen molar-refractivity contribution in [1.82, 2.24) is 5.32 Å². The lowest BCUT2D eigenvalue weighted by Gasteiger charge is -1.80. The van der Waals surface area contributed by atoms with E-state index in [2.05, 4.69) is 5.32 Å². The normalized spacial score (nSPS) is 6.42. The van der Waals surface area contributed by atoms with Crippen LogP contribution in [-0.2, 0) is 9.59 Å². The predicted molar refractivity (Wildman–Crippen MR) is 52.1 cm³/mol. The van der Waals surface area contributed by atoms with Gasteiger partial charge in [-0.3, -0.25) is 4.79 Å². The average Bonchev–Trinajstić information content (AvgIpc) is 2.10. The molecule has 1 amide bonds. The van der Waals surface area contributed by atoms with E-state index >= 15 is 0 Å². The van der Waals surface area contributed by atoms with Gasteiger partial charge in [0.1, 0.15) is 6.29 Å². The summed E-state index contributed by atoms with van der Waals surface area (Å²) in [5.41, 5.74) is 0. The first-order valence-corrected chi connectivity index (χ1v) is 4.31. The zero-order valence-corrected chi connectivity index (χ0v) is 8.81. The molecule has 0 aliphatic heterocycles. The minimum absolute atomic E-state index is 0.00463. The Morgan fingerprint density at radius 1 is 1.42 bits per heavy atom. The molecule has 74 valence electrons. The molecule has 0 fully saturated rings. The SMILES string of the molecule is CC.CCCC=O.CNC(C)=O. The van der Waals surface area contributed by atoms with Crippen molar-refractivity contribution in [2.45, 2.75) is 40.5 Å². The minimum atomic E-state index is 0.00463. The van der Waals surface area contributed by atoms with E-state index in [1.807, 2.05) is 20.8 Å². The lowest BCUT2D eigenvalue weighted by molar-refractivity contribution is -0.118. The van der Waals surface area contributed by atoms with Crippen molar-refractivity contribution in [1.29, 1.82) is 0 Å². The number of hydrogen-bond donors (Lipinski definition) is 1. The van der Waals surface area contributed by atoms with Crippen LogP contribution in [0.5, 0.6) is 0 Å². The van der Waals surface area contributed by atoms with Gasteiger partial charge in [0, 0.05) is 20.4 Å². The zero-order chi connectivity index (χ0) is 10.4. The van der Waals surface area contributed by atoms with E-state index in [0.29, 0.717) is 6.42 Å². The fourth-order valence-corrected chi connectivity index (χ4v) is 0.118. The van der Waals surface area contributed by atoms with Gasteiger partial charge in [0.25, 0.3) is 0 Å². The summed E-state index contributed by atoms with van der Waals surface area (Å²) >= 11 is 0. The Kier molecular flexibility index (Phi) is 32.4. The molecule has 1 N–H and O–H groups in total. The van der Waals surface area contributed by atoms with E-state index in [4.69, 9.17) is 0 Å². The molecule has 0 bridgehead atoms. The molecule has 0 aliphatic carbocycles. The third kappa shape index (κ3) is 61.4. The van der Waals surface area contributed by atoms with Gasteiger partial charge in [0.15, 0.2) is 0 Å². The summed E-state index contributed by atoms with van der Waals surface area (Å²) in [6.45, 7) is 7.45. The maximum absolute atomic E-state index is 9.70. The standard InChI is InChI=1S/C4H8O.C3H7NO.C2H6/c1-2-3-4-5;1-3(5)4-2;1-2/h4H,2-3H2,1H3;1-2H3,(H,4,5);1-2H3. The molecule has 0 radical (unpaired) electrons. The quantitative estimate of drug-likeness (QED) is 0.650. The highest BCUT2D eigenvalue weighted by Gasteiger charge is 1.72. The van der Waals surface area contributed by atoms with E-state index in [-0.39, 0.29) is 5.91 Å². The van der Waals surface area contributed by atoms with Crippen LogP contribution in [0.25, 0.3) is 0 Å². The van der Waals surface area contributed by atoms with Crippen molar-refractivity contribution in [2.75, 3.05) is 7.05 Å². The second-order valence-corrected chi connectivity index (χ2v) is 1.76. The Hall–Kier alpha value is -0.860. The van der Waals surface area contributed by atoms with E-state index in [1.54, 1.807) is 7.05 Å². The molecule has 0 aromatic carbocycles. The number of hydrogen-bond acceptors (Lipinski definition) is 2. The Labute approximate surface area is 75.5 Å². The molecule has 0 heterocycles. The third-order valence-corrected chi connectivity index (χ3v) is 0.759. The second-order valence-electron chi connectivity index (χ2n) is 1.76. The first-order valence-electron chi connectivity index (χ1n) is 4.31. The van der Waals surface area contributed by atoms with Gasteiger partial charge in [0.05, 0.1) is 0 Å². The van der Waals surface area contributed by atoms with Crippen LogP contribution in [0.3, 0.4) is 0 Å². The number of aldehydes is 1. The average molecular weight is 175 g/mol. The first kappa shape index (κ1) is 17.3. The molecule has 0 aliphatic rings. The number of unbranched alkanes of at least 4 members (excludes halogenated alkanes) is 1. The van der Waals surface area contributed by atoms with E-state index in [9.17, 15) is 9.59 Å². The van der Waals surface area contributed by atoms with Gasteiger partial charge in [-0.2, -0.15) is 0 Å². The maximum atomic E-state index is 9.70. The fraction of sp³-hybridized carbons (Fsp3) is 0.778. The van der Waals surface area contributed by atoms with Crippen molar-refractivity contribution >= 4 is 12.2 Å². The molecule has 3 nitrogen and oxygen atoms in total. The second kappa shape index (κ2) is 22.5. The van der Waals surface area contributed by atoms with Crippen LogP contribution in [0.4, 0.5) is 0 Å². The number of nitrogens with one attached hydrogen (secondary N) is 1. The Bertz CT molecular complexity index is 92.5. The first-order chi connectivity index (χ1) is 5.68. The topological polar surface area (TPSA) is 46.2 Å².